The molecule has 35 heavy (non-hydrogen) atoms. The lowest BCUT2D eigenvalue weighted by atomic mass is 9.86. The number of fused-ring (bicyclic) bond motifs is 1. The van der Waals surface area contributed by atoms with Crippen molar-refractivity contribution in [3.05, 3.63) is 75.1 Å². The molecule has 1 aliphatic rings. The first-order valence-electron chi connectivity index (χ1n) is 11.0. The van der Waals surface area contributed by atoms with Gasteiger partial charge in [-0.1, -0.05) is 42.1 Å². The van der Waals surface area contributed by atoms with Gasteiger partial charge in [0.15, 0.2) is 23.3 Å². The summed E-state index contributed by atoms with van der Waals surface area (Å²) in [6.45, 7) is 1.75. The van der Waals surface area contributed by atoms with E-state index in [0.717, 1.165) is 11.1 Å². The molecule has 1 aliphatic heterocycles. The van der Waals surface area contributed by atoms with Gasteiger partial charge in [-0.3, -0.25) is 14.4 Å². The summed E-state index contributed by atoms with van der Waals surface area (Å²) in [5.41, 5.74) is 8.20. The van der Waals surface area contributed by atoms with E-state index >= 15 is 0 Å². The first-order valence-corrected chi connectivity index (χ1v) is 11.9. The van der Waals surface area contributed by atoms with Crippen LogP contribution < -0.4 is 26.1 Å². The Balaban J connectivity index is 1.69. The van der Waals surface area contributed by atoms with Crippen molar-refractivity contribution in [3.8, 4) is 11.5 Å². The molecule has 3 N–H and O–H groups in total. The molecule has 4 rings (SSSR count). The van der Waals surface area contributed by atoms with Gasteiger partial charge >= 0.3 is 0 Å². The van der Waals surface area contributed by atoms with E-state index in [2.05, 4.69) is 10.3 Å². The van der Waals surface area contributed by atoms with Crippen LogP contribution in [0.3, 0.4) is 0 Å². The number of anilines is 1. The molecule has 182 valence electrons. The van der Waals surface area contributed by atoms with Crippen LogP contribution in [0.2, 0.25) is 0 Å². The third-order valence-electron chi connectivity index (χ3n) is 5.88. The molecular weight excluding hydrogens is 468 g/mol. The maximum absolute atomic E-state index is 13.2. The molecule has 2 aromatic carbocycles. The van der Waals surface area contributed by atoms with Crippen LogP contribution in [0.1, 0.15) is 34.6 Å². The van der Waals surface area contributed by atoms with Crippen molar-refractivity contribution in [2.75, 3.05) is 19.0 Å². The molecule has 2 amide bonds. The molecule has 1 atom stereocenters. The van der Waals surface area contributed by atoms with Crippen LogP contribution in [0.5, 0.6) is 11.5 Å². The number of thioether (sulfide) groups is 1. The molecule has 10 heteroatoms. The van der Waals surface area contributed by atoms with Crippen LogP contribution in [-0.4, -0.2) is 35.1 Å². The highest BCUT2D eigenvalue weighted by atomic mass is 32.2. The molecule has 0 saturated heterocycles. The maximum Gasteiger partial charge on any atom is 0.279 e. The standard InChI is InChI=1S/C25H26N4O5S/c1-14-6-4-5-7-16(14)13-35-25-28-24(32)22-17(11-21(31)27-23(22)29(25)2)15-8-9-18(19(10-15)33-3)34-12-20(26)30/h4-10,17H,11-13H2,1-3H3,(H2,26,30)(H,27,31)/t17-/m1/s1. The van der Waals surface area contributed by atoms with Gasteiger partial charge in [0.25, 0.3) is 11.5 Å². The fourth-order valence-corrected chi connectivity index (χ4v) is 5.07. The van der Waals surface area contributed by atoms with E-state index in [-0.39, 0.29) is 24.5 Å². The maximum atomic E-state index is 13.2. The summed E-state index contributed by atoms with van der Waals surface area (Å²) in [6.07, 6.45) is 0.0876. The number of nitrogens with one attached hydrogen (secondary N) is 1. The van der Waals surface area contributed by atoms with Crippen molar-refractivity contribution in [3.63, 3.8) is 0 Å². The molecule has 0 aliphatic carbocycles. The Hall–Kier alpha value is -3.79. The van der Waals surface area contributed by atoms with Crippen LogP contribution in [0.15, 0.2) is 52.4 Å². The first kappa shape index (κ1) is 24.3. The molecule has 1 aromatic heterocycles. The second kappa shape index (κ2) is 10.2. The molecule has 0 fully saturated rings. The number of rotatable bonds is 8. The zero-order chi connectivity index (χ0) is 25.1. The number of hydrogen-bond acceptors (Lipinski definition) is 7. The number of ether oxygens (including phenoxy) is 2. The number of nitrogens with zero attached hydrogens (tertiary/aromatic N) is 2. The zero-order valence-corrected chi connectivity index (χ0v) is 20.5. The molecule has 0 saturated carbocycles. The quantitative estimate of drug-likeness (QED) is 0.364. The lowest BCUT2D eigenvalue weighted by Crippen LogP contribution is -2.33. The molecule has 0 radical (unpaired) electrons. The zero-order valence-electron chi connectivity index (χ0n) is 19.7. The van der Waals surface area contributed by atoms with E-state index in [1.165, 1.54) is 18.9 Å². The van der Waals surface area contributed by atoms with Crippen LogP contribution in [0.4, 0.5) is 5.82 Å². The molecule has 0 spiro atoms. The van der Waals surface area contributed by atoms with Gasteiger partial charge in [0.1, 0.15) is 5.82 Å². The minimum atomic E-state index is -0.611. The number of methoxy groups -OCH3 is 1. The SMILES string of the molecule is COc1cc([C@H]2CC(=O)Nc3c2c(=O)nc(SCc2ccccc2C)n3C)ccc1OCC(N)=O. The van der Waals surface area contributed by atoms with Gasteiger partial charge in [0.05, 0.1) is 12.7 Å². The Kier molecular flexibility index (Phi) is 7.11. The Morgan fingerprint density at radius 1 is 1.23 bits per heavy atom. The summed E-state index contributed by atoms with van der Waals surface area (Å²) in [4.78, 5) is 41.3. The highest BCUT2D eigenvalue weighted by molar-refractivity contribution is 7.98. The highest BCUT2D eigenvalue weighted by Gasteiger charge is 2.32. The average molecular weight is 495 g/mol. The number of amides is 2. The van der Waals surface area contributed by atoms with Crippen molar-refractivity contribution in [1.82, 2.24) is 9.55 Å². The van der Waals surface area contributed by atoms with Crippen molar-refractivity contribution < 1.29 is 19.1 Å². The number of carbonyl (C=O) groups is 2. The molecular formula is C25H26N4O5S. The van der Waals surface area contributed by atoms with Gasteiger partial charge in [-0.25, -0.2) is 0 Å². The molecule has 2 heterocycles. The first-order chi connectivity index (χ1) is 16.8. The minimum Gasteiger partial charge on any atom is -0.493 e. The van der Waals surface area contributed by atoms with Crippen LogP contribution in [0, 0.1) is 6.92 Å². The van der Waals surface area contributed by atoms with Crippen molar-refractivity contribution in [2.45, 2.75) is 30.2 Å². The van der Waals surface area contributed by atoms with Gasteiger partial charge in [0, 0.05) is 25.1 Å². The molecule has 9 nitrogen and oxygen atoms in total. The highest BCUT2D eigenvalue weighted by Crippen LogP contribution is 2.39. The Labute approximate surface area is 206 Å². The summed E-state index contributed by atoms with van der Waals surface area (Å²) in [5.74, 6) is 0.459. The largest absolute Gasteiger partial charge is 0.493 e. The minimum absolute atomic E-state index is 0.0876. The number of aryl methyl sites for hydroxylation is 1. The van der Waals surface area contributed by atoms with E-state index in [0.29, 0.717) is 39.4 Å². The van der Waals surface area contributed by atoms with Crippen molar-refractivity contribution in [1.29, 1.82) is 0 Å². The van der Waals surface area contributed by atoms with E-state index in [1.54, 1.807) is 29.8 Å². The third kappa shape index (κ3) is 5.17. The topological polar surface area (TPSA) is 126 Å². The second-order valence-electron chi connectivity index (χ2n) is 8.21. The van der Waals surface area contributed by atoms with E-state index in [1.807, 2.05) is 31.2 Å². The Bertz CT molecular complexity index is 1350. The fraction of sp³-hybridized carbons (Fsp3) is 0.280. The van der Waals surface area contributed by atoms with Gasteiger partial charge in [-0.2, -0.15) is 4.98 Å². The number of hydrogen-bond donors (Lipinski definition) is 2. The van der Waals surface area contributed by atoms with Crippen LogP contribution >= 0.6 is 11.8 Å². The summed E-state index contributed by atoms with van der Waals surface area (Å²) in [5, 5.41) is 3.37. The summed E-state index contributed by atoms with van der Waals surface area (Å²) >= 11 is 1.44. The van der Waals surface area contributed by atoms with Crippen LogP contribution in [-0.2, 0) is 22.4 Å². The number of aromatic nitrogens is 2. The number of primary amides is 1. The molecule has 0 unspecified atom stereocenters. The second-order valence-corrected chi connectivity index (χ2v) is 9.15. The van der Waals surface area contributed by atoms with Crippen LogP contribution in [0.25, 0.3) is 0 Å². The Morgan fingerprint density at radius 3 is 2.71 bits per heavy atom. The van der Waals surface area contributed by atoms with Crippen molar-refractivity contribution in [2.24, 2.45) is 12.8 Å². The van der Waals surface area contributed by atoms with E-state index in [9.17, 15) is 14.4 Å². The normalized spacial score (nSPS) is 14.7. The molecule has 3 aromatic rings. The van der Waals surface area contributed by atoms with Gasteiger partial charge in [-0.15, -0.1) is 0 Å². The van der Waals surface area contributed by atoms with Gasteiger partial charge in [0.2, 0.25) is 5.91 Å². The van der Waals surface area contributed by atoms with Gasteiger partial charge in [-0.05, 0) is 35.7 Å². The number of carbonyl (C=O) groups excluding carboxylic acids is 2. The summed E-state index contributed by atoms with van der Waals surface area (Å²) in [7, 11) is 3.26. The summed E-state index contributed by atoms with van der Waals surface area (Å²) in [6, 6.07) is 13.1. The predicted molar refractivity (Wildman–Crippen MR) is 133 cm³/mol. The monoisotopic (exact) mass is 494 g/mol. The number of nitrogens with two attached hydrogens (primary N) is 1. The average Bonchev–Trinajstić information content (AvgIpc) is 2.84. The lowest BCUT2D eigenvalue weighted by Gasteiger charge is -2.28. The Morgan fingerprint density at radius 2 is 2.00 bits per heavy atom. The van der Waals surface area contributed by atoms with Crippen molar-refractivity contribution >= 4 is 29.4 Å². The van der Waals surface area contributed by atoms with E-state index < -0.39 is 11.8 Å². The predicted octanol–water partition coefficient (Wildman–Crippen LogP) is 2.73. The number of benzene rings is 2. The third-order valence-corrected chi connectivity index (χ3v) is 6.96. The fourth-order valence-electron chi connectivity index (χ4n) is 4.03. The lowest BCUT2D eigenvalue weighted by molar-refractivity contribution is -0.120. The molecule has 0 bridgehead atoms. The smallest absolute Gasteiger partial charge is 0.279 e. The summed E-state index contributed by atoms with van der Waals surface area (Å²) < 4.78 is 12.5. The van der Waals surface area contributed by atoms with E-state index in [4.69, 9.17) is 15.2 Å². The van der Waals surface area contributed by atoms with Gasteiger partial charge < -0.3 is 25.1 Å².